The molecule has 0 saturated carbocycles. The Labute approximate surface area is 123 Å². The third kappa shape index (κ3) is 2.45. The molecule has 0 radical (unpaired) electrons. The Morgan fingerprint density at radius 1 is 1.43 bits per heavy atom. The summed E-state index contributed by atoms with van der Waals surface area (Å²) in [5, 5.41) is 10.4. The van der Waals surface area contributed by atoms with Gasteiger partial charge in [-0.2, -0.15) is 0 Å². The first-order chi connectivity index (χ1) is 9.99. The number of carbonyl (C=O) groups is 1. The number of ether oxygens (including phenoxy) is 1. The summed E-state index contributed by atoms with van der Waals surface area (Å²) in [6.07, 6.45) is 0. The fourth-order valence-corrected chi connectivity index (χ4v) is 2.71. The smallest absolute Gasteiger partial charge is 0.337 e. The minimum absolute atomic E-state index is 0.300. The molecule has 5 nitrogen and oxygen atoms in total. The Bertz CT molecular complexity index is 701. The van der Waals surface area contributed by atoms with E-state index in [1.165, 1.54) is 0 Å². The van der Waals surface area contributed by atoms with Crippen molar-refractivity contribution in [3.63, 3.8) is 0 Å². The molecule has 3 rings (SSSR count). The Kier molecular flexibility index (Phi) is 3.29. The fourth-order valence-electron chi connectivity index (χ4n) is 2.71. The largest absolute Gasteiger partial charge is 0.479 e. The maximum absolute atomic E-state index is 11.4. The van der Waals surface area contributed by atoms with Gasteiger partial charge in [0.2, 0.25) is 0 Å². The molecule has 2 heterocycles. The molecule has 1 aliphatic rings. The van der Waals surface area contributed by atoms with Crippen molar-refractivity contribution in [3.8, 4) is 0 Å². The van der Waals surface area contributed by atoms with Gasteiger partial charge in [0.25, 0.3) is 0 Å². The molecule has 0 spiro atoms. The van der Waals surface area contributed by atoms with Crippen LogP contribution in [0.1, 0.15) is 12.5 Å². The highest BCUT2D eigenvalue weighted by atomic mass is 16.5. The van der Waals surface area contributed by atoms with E-state index in [9.17, 15) is 9.90 Å². The van der Waals surface area contributed by atoms with Crippen molar-refractivity contribution in [1.82, 2.24) is 4.98 Å². The van der Waals surface area contributed by atoms with Crippen LogP contribution in [0.4, 0.5) is 5.82 Å². The molecule has 1 unspecified atom stereocenters. The molecule has 0 bridgehead atoms. The van der Waals surface area contributed by atoms with Crippen molar-refractivity contribution in [3.05, 3.63) is 35.9 Å². The standard InChI is InChI=1S/C16H18N2O3/c1-11-9-12-5-3-4-6-13(12)17-14(11)18-7-8-21-16(2,10-18)15(19)20/h3-6,9H,7-8,10H2,1-2H3,(H,19,20). The summed E-state index contributed by atoms with van der Waals surface area (Å²) >= 11 is 0. The van der Waals surface area contributed by atoms with Crippen molar-refractivity contribution >= 4 is 22.7 Å². The van der Waals surface area contributed by atoms with Crippen LogP contribution in [0, 0.1) is 6.92 Å². The average molecular weight is 286 g/mol. The maximum Gasteiger partial charge on any atom is 0.337 e. The number of rotatable bonds is 2. The van der Waals surface area contributed by atoms with E-state index in [-0.39, 0.29) is 0 Å². The average Bonchev–Trinajstić information content (AvgIpc) is 2.46. The number of carboxylic acid groups (broad SMARTS) is 1. The molecule has 1 aromatic heterocycles. The summed E-state index contributed by atoms with van der Waals surface area (Å²) in [5.41, 5.74) is 0.780. The molecule has 2 aromatic rings. The molecular weight excluding hydrogens is 268 g/mol. The number of aliphatic carboxylic acids is 1. The van der Waals surface area contributed by atoms with Gasteiger partial charge in [-0.05, 0) is 31.5 Å². The van der Waals surface area contributed by atoms with Crippen LogP contribution in [0.5, 0.6) is 0 Å². The van der Waals surface area contributed by atoms with Gasteiger partial charge in [0.05, 0.1) is 18.7 Å². The van der Waals surface area contributed by atoms with Gasteiger partial charge in [0.15, 0.2) is 5.60 Å². The van der Waals surface area contributed by atoms with Crippen molar-refractivity contribution < 1.29 is 14.6 Å². The molecule has 0 amide bonds. The van der Waals surface area contributed by atoms with Crippen LogP contribution in [0.15, 0.2) is 30.3 Å². The first-order valence-corrected chi connectivity index (χ1v) is 6.98. The number of pyridine rings is 1. The number of anilines is 1. The van der Waals surface area contributed by atoms with E-state index >= 15 is 0 Å². The number of morpholine rings is 1. The van der Waals surface area contributed by atoms with Gasteiger partial charge in [0, 0.05) is 11.9 Å². The van der Waals surface area contributed by atoms with Gasteiger partial charge in [-0.15, -0.1) is 0 Å². The zero-order valence-electron chi connectivity index (χ0n) is 12.2. The molecule has 21 heavy (non-hydrogen) atoms. The predicted octanol–water partition coefficient (Wildman–Crippen LogP) is 2.22. The van der Waals surface area contributed by atoms with Gasteiger partial charge in [-0.1, -0.05) is 18.2 Å². The lowest BCUT2D eigenvalue weighted by Gasteiger charge is -2.38. The molecule has 1 aliphatic heterocycles. The molecule has 1 N–H and O–H groups in total. The first-order valence-electron chi connectivity index (χ1n) is 6.98. The molecule has 5 heteroatoms. The molecule has 1 fully saturated rings. The normalized spacial score (nSPS) is 22.5. The van der Waals surface area contributed by atoms with Crippen molar-refractivity contribution in [2.24, 2.45) is 0 Å². The second kappa shape index (κ2) is 5.00. The molecule has 1 atom stereocenters. The Balaban J connectivity index is 2.00. The highest BCUT2D eigenvalue weighted by Crippen LogP contribution is 2.27. The number of hydrogen-bond acceptors (Lipinski definition) is 4. The van der Waals surface area contributed by atoms with Crippen molar-refractivity contribution in [2.75, 3.05) is 24.6 Å². The topological polar surface area (TPSA) is 62.7 Å². The van der Waals surface area contributed by atoms with E-state index < -0.39 is 11.6 Å². The number of fused-ring (bicyclic) bond motifs is 1. The second-order valence-corrected chi connectivity index (χ2v) is 5.63. The summed E-state index contributed by atoms with van der Waals surface area (Å²) in [5.74, 6) is -0.102. The predicted molar refractivity (Wildman–Crippen MR) is 80.7 cm³/mol. The van der Waals surface area contributed by atoms with E-state index in [1.54, 1.807) is 6.92 Å². The number of nitrogens with zero attached hydrogens (tertiary/aromatic N) is 2. The zero-order valence-corrected chi connectivity index (χ0v) is 12.2. The Morgan fingerprint density at radius 3 is 2.95 bits per heavy atom. The molecular formula is C16H18N2O3. The number of para-hydroxylation sites is 1. The first kappa shape index (κ1) is 13.8. The highest BCUT2D eigenvalue weighted by molar-refractivity contribution is 5.82. The van der Waals surface area contributed by atoms with Crippen LogP contribution < -0.4 is 4.90 Å². The Morgan fingerprint density at radius 2 is 2.19 bits per heavy atom. The summed E-state index contributed by atoms with van der Waals surface area (Å²) in [6, 6.07) is 10.0. The van der Waals surface area contributed by atoms with Gasteiger partial charge >= 0.3 is 5.97 Å². The minimum Gasteiger partial charge on any atom is -0.479 e. The third-order valence-corrected chi connectivity index (χ3v) is 3.91. The monoisotopic (exact) mass is 286 g/mol. The molecule has 1 saturated heterocycles. The van der Waals surface area contributed by atoms with Gasteiger partial charge < -0.3 is 14.7 Å². The van der Waals surface area contributed by atoms with Crippen LogP contribution in [0.25, 0.3) is 10.9 Å². The number of aryl methyl sites for hydroxylation is 1. The zero-order chi connectivity index (χ0) is 15.0. The summed E-state index contributed by atoms with van der Waals surface area (Å²) in [7, 11) is 0. The van der Waals surface area contributed by atoms with Crippen LogP contribution in [-0.2, 0) is 9.53 Å². The van der Waals surface area contributed by atoms with Crippen molar-refractivity contribution in [2.45, 2.75) is 19.4 Å². The van der Waals surface area contributed by atoms with E-state index in [0.717, 1.165) is 22.3 Å². The molecule has 0 aliphatic carbocycles. The van der Waals surface area contributed by atoms with E-state index in [4.69, 9.17) is 9.72 Å². The lowest BCUT2D eigenvalue weighted by Crippen LogP contribution is -2.55. The Hall–Kier alpha value is -2.14. The summed E-state index contributed by atoms with van der Waals surface area (Å²) < 4.78 is 5.44. The van der Waals surface area contributed by atoms with Crippen LogP contribution in [0.3, 0.4) is 0 Å². The van der Waals surface area contributed by atoms with Gasteiger partial charge in [-0.3, -0.25) is 0 Å². The lowest BCUT2D eigenvalue weighted by molar-refractivity contribution is -0.164. The number of carboxylic acids is 1. The number of hydrogen-bond donors (Lipinski definition) is 1. The van der Waals surface area contributed by atoms with Gasteiger partial charge in [0.1, 0.15) is 5.82 Å². The van der Waals surface area contributed by atoms with Crippen molar-refractivity contribution in [1.29, 1.82) is 0 Å². The molecule has 110 valence electrons. The second-order valence-electron chi connectivity index (χ2n) is 5.63. The number of aromatic nitrogens is 1. The maximum atomic E-state index is 11.4. The van der Waals surface area contributed by atoms with Crippen LogP contribution in [-0.4, -0.2) is 41.4 Å². The summed E-state index contributed by atoms with van der Waals surface area (Å²) in [4.78, 5) is 18.1. The molecule has 1 aromatic carbocycles. The summed E-state index contributed by atoms with van der Waals surface area (Å²) in [6.45, 7) is 4.94. The van der Waals surface area contributed by atoms with E-state index in [1.807, 2.05) is 36.1 Å². The minimum atomic E-state index is -1.18. The van der Waals surface area contributed by atoms with E-state index in [2.05, 4.69) is 6.07 Å². The van der Waals surface area contributed by atoms with Crippen LogP contribution in [0.2, 0.25) is 0 Å². The lowest BCUT2D eigenvalue weighted by atomic mass is 10.0. The fraction of sp³-hybridized carbons (Fsp3) is 0.375. The van der Waals surface area contributed by atoms with Gasteiger partial charge in [-0.25, -0.2) is 9.78 Å². The van der Waals surface area contributed by atoms with E-state index in [0.29, 0.717) is 19.7 Å². The number of benzene rings is 1. The SMILES string of the molecule is Cc1cc2ccccc2nc1N1CCOC(C)(C(=O)O)C1. The van der Waals surface area contributed by atoms with Crippen LogP contribution >= 0.6 is 0 Å². The quantitative estimate of drug-likeness (QED) is 0.917. The third-order valence-electron chi connectivity index (χ3n) is 3.91. The highest BCUT2D eigenvalue weighted by Gasteiger charge is 2.40.